The second kappa shape index (κ2) is 10.7. The number of imide groups is 1. The van der Waals surface area contributed by atoms with Gasteiger partial charge in [0.25, 0.3) is 11.8 Å². The predicted octanol–water partition coefficient (Wildman–Crippen LogP) is 2.58. The van der Waals surface area contributed by atoms with E-state index in [-0.39, 0.29) is 0 Å². The molecule has 2 aromatic rings. The van der Waals surface area contributed by atoms with Crippen molar-refractivity contribution in [2.24, 2.45) is 0 Å². The number of methoxy groups -OCH3 is 1. The Morgan fingerprint density at radius 2 is 1.91 bits per heavy atom. The molecule has 0 aliphatic carbocycles. The summed E-state index contributed by atoms with van der Waals surface area (Å²) in [5.41, 5.74) is 0.957. The van der Waals surface area contributed by atoms with Crippen molar-refractivity contribution in [3.63, 3.8) is 0 Å². The van der Waals surface area contributed by atoms with Crippen LogP contribution in [0.2, 0.25) is 0 Å². The highest BCUT2D eigenvalue weighted by molar-refractivity contribution is 9.10. The minimum absolute atomic E-state index is 0.321. The monoisotopic (exact) mass is 503 g/mol. The van der Waals surface area contributed by atoms with Gasteiger partial charge in [0.1, 0.15) is 16.7 Å². The summed E-state index contributed by atoms with van der Waals surface area (Å²) < 4.78 is 5.25. The van der Waals surface area contributed by atoms with Gasteiger partial charge in [0.05, 0.1) is 19.0 Å². The number of nitrogens with zero attached hydrogens (tertiary/aromatic N) is 2. The zero-order chi connectivity index (χ0) is 23.1. The number of aromatic nitrogens is 1. The summed E-state index contributed by atoms with van der Waals surface area (Å²) in [5, 5.41) is 7.31. The van der Waals surface area contributed by atoms with Crippen LogP contribution < -0.4 is 16.0 Å². The molecule has 0 bridgehead atoms. The summed E-state index contributed by atoms with van der Waals surface area (Å²) in [6, 6.07) is 9.32. The average molecular weight is 504 g/mol. The van der Waals surface area contributed by atoms with Crippen LogP contribution in [0.4, 0.5) is 15.3 Å². The number of benzene rings is 1. The molecular formula is C21H22BrN5O5. The van der Waals surface area contributed by atoms with Gasteiger partial charge < -0.3 is 20.3 Å². The van der Waals surface area contributed by atoms with Crippen molar-refractivity contribution in [3.05, 3.63) is 58.8 Å². The molecule has 32 heavy (non-hydrogen) atoms. The van der Waals surface area contributed by atoms with Crippen molar-refractivity contribution < 1.29 is 23.9 Å². The lowest BCUT2D eigenvalue weighted by molar-refractivity contribution is -0.139. The number of alkyl carbamates (subject to hydrolysis) is 1. The Hall–Kier alpha value is -3.47. The van der Waals surface area contributed by atoms with Crippen molar-refractivity contribution in [3.8, 4) is 0 Å². The van der Waals surface area contributed by atoms with Crippen LogP contribution in [0.5, 0.6) is 0 Å². The first kappa shape index (κ1) is 23.2. The zero-order valence-electron chi connectivity index (χ0n) is 17.2. The summed E-state index contributed by atoms with van der Waals surface area (Å²) in [6.45, 7) is 0.321. The largest absolute Gasteiger partial charge is 0.453 e. The van der Waals surface area contributed by atoms with Crippen LogP contribution in [0.1, 0.15) is 24.4 Å². The number of halogens is 1. The summed E-state index contributed by atoms with van der Waals surface area (Å²) >= 11 is 3.20. The quantitative estimate of drug-likeness (QED) is 0.537. The van der Waals surface area contributed by atoms with E-state index in [0.29, 0.717) is 35.2 Å². The third-order valence-electron chi connectivity index (χ3n) is 4.89. The summed E-state index contributed by atoms with van der Waals surface area (Å²) in [6.07, 6.45) is 1.64. The van der Waals surface area contributed by atoms with Crippen LogP contribution in [0.3, 0.4) is 0 Å². The first-order valence-corrected chi connectivity index (χ1v) is 10.6. The van der Waals surface area contributed by atoms with Crippen LogP contribution in [0, 0.1) is 0 Å². The molecule has 3 N–H and O–H groups in total. The second-order valence-electron chi connectivity index (χ2n) is 6.98. The summed E-state index contributed by atoms with van der Waals surface area (Å²) in [4.78, 5) is 55.4. The molecule has 0 saturated carbocycles. The summed E-state index contributed by atoms with van der Waals surface area (Å²) in [5.74, 6) is -1.07. The SMILES string of the molecule is COC(=O)N[C@@H](C(=O)N1CCCC1C(=O)NC(=O)Nc1ccc(Br)nc1)c1ccccc1. The number of hydrogen-bond donors (Lipinski definition) is 3. The molecule has 1 aliphatic rings. The number of carbonyl (C=O) groups is 4. The number of ether oxygens (including phenoxy) is 1. The number of likely N-dealkylation sites (tertiary alicyclic amines) is 1. The minimum Gasteiger partial charge on any atom is -0.453 e. The van der Waals surface area contributed by atoms with Crippen LogP contribution in [-0.2, 0) is 14.3 Å². The average Bonchev–Trinajstić information content (AvgIpc) is 3.29. The zero-order valence-corrected chi connectivity index (χ0v) is 18.8. The Morgan fingerprint density at radius 3 is 2.56 bits per heavy atom. The highest BCUT2D eigenvalue weighted by Crippen LogP contribution is 2.24. The molecule has 2 heterocycles. The van der Waals surface area contributed by atoms with Gasteiger partial charge in [0.2, 0.25) is 0 Å². The first-order chi connectivity index (χ1) is 15.4. The molecule has 1 aromatic carbocycles. The molecule has 1 saturated heterocycles. The molecule has 2 atom stereocenters. The van der Waals surface area contributed by atoms with E-state index in [2.05, 4.69) is 41.6 Å². The Morgan fingerprint density at radius 1 is 1.16 bits per heavy atom. The van der Waals surface area contributed by atoms with Crippen molar-refractivity contribution in [1.29, 1.82) is 0 Å². The maximum Gasteiger partial charge on any atom is 0.407 e. The second-order valence-corrected chi connectivity index (χ2v) is 7.79. The Balaban J connectivity index is 1.70. The minimum atomic E-state index is -1.03. The molecule has 1 unspecified atom stereocenters. The van der Waals surface area contributed by atoms with E-state index >= 15 is 0 Å². The number of rotatable bonds is 5. The van der Waals surface area contributed by atoms with Crippen molar-refractivity contribution in [1.82, 2.24) is 20.5 Å². The highest BCUT2D eigenvalue weighted by atomic mass is 79.9. The Bertz CT molecular complexity index is 986. The van der Waals surface area contributed by atoms with Crippen molar-refractivity contribution in [2.45, 2.75) is 24.9 Å². The molecular weight excluding hydrogens is 482 g/mol. The van der Waals surface area contributed by atoms with Crippen LogP contribution in [0.15, 0.2) is 53.3 Å². The van der Waals surface area contributed by atoms with E-state index in [1.807, 2.05) is 0 Å². The Labute approximate surface area is 192 Å². The maximum atomic E-state index is 13.3. The molecule has 168 valence electrons. The number of nitrogens with one attached hydrogen (secondary N) is 3. The number of carbonyl (C=O) groups excluding carboxylic acids is 4. The Kier molecular flexibility index (Phi) is 7.77. The highest BCUT2D eigenvalue weighted by Gasteiger charge is 2.38. The van der Waals surface area contributed by atoms with Crippen molar-refractivity contribution >= 4 is 45.6 Å². The molecule has 10 nitrogen and oxygen atoms in total. The van der Waals surface area contributed by atoms with E-state index in [0.717, 1.165) is 0 Å². The van der Waals surface area contributed by atoms with Crippen molar-refractivity contribution in [2.75, 3.05) is 19.0 Å². The summed E-state index contributed by atoms with van der Waals surface area (Å²) in [7, 11) is 1.20. The van der Waals surface area contributed by atoms with Gasteiger partial charge in [-0.2, -0.15) is 0 Å². The lowest BCUT2D eigenvalue weighted by Gasteiger charge is -2.28. The number of urea groups is 1. The lowest BCUT2D eigenvalue weighted by atomic mass is 10.1. The van der Waals surface area contributed by atoms with Gasteiger partial charge in [0, 0.05) is 6.54 Å². The molecule has 0 spiro atoms. The van der Waals surface area contributed by atoms with Gasteiger partial charge >= 0.3 is 12.1 Å². The van der Waals surface area contributed by atoms with E-state index in [4.69, 9.17) is 0 Å². The van der Waals surface area contributed by atoms with Gasteiger partial charge in [0.15, 0.2) is 0 Å². The molecule has 1 aliphatic heterocycles. The topological polar surface area (TPSA) is 130 Å². The maximum absolute atomic E-state index is 13.3. The number of anilines is 1. The molecule has 5 amide bonds. The van der Waals surface area contributed by atoms with Gasteiger partial charge in [-0.05, 0) is 46.5 Å². The smallest absolute Gasteiger partial charge is 0.407 e. The standard InChI is InChI=1S/C21H22BrN5O5/c1-32-21(31)25-17(13-6-3-2-4-7-13)19(29)27-11-5-8-15(27)18(28)26-20(30)24-14-9-10-16(22)23-12-14/h2-4,6-7,9-10,12,15,17H,5,8,11H2,1H3,(H,25,31)(H2,24,26,28,30)/t15?,17-/m1/s1. The predicted molar refractivity (Wildman–Crippen MR) is 119 cm³/mol. The molecule has 11 heteroatoms. The third kappa shape index (κ3) is 5.82. The fraction of sp³-hybridized carbons (Fsp3) is 0.286. The van der Waals surface area contributed by atoms with Gasteiger partial charge in [-0.3, -0.25) is 14.9 Å². The number of amides is 5. The van der Waals surface area contributed by atoms with E-state index in [1.54, 1.807) is 42.5 Å². The van der Waals surface area contributed by atoms with Crippen LogP contribution in [0.25, 0.3) is 0 Å². The normalized spacial score (nSPS) is 16.1. The van der Waals surface area contributed by atoms with Crippen LogP contribution in [-0.4, -0.2) is 53.5 Å². The van der Waals surface area contributed by atoms with Gasteiger partial charge in [-0.15, -0.1) is 0 Å². The van der Waals surface area contributed by atoms with E-state index in [9.17, 15) is 19.2 Å². The molecule has 1 aromatic heterocycles. The van der Waals surface area contributed by atoms with Gasteiger partial charge in [-0.1, -0.05) is 30.3 Å². The third-order valence-corrected chi connectivity index (χ3v) is 5.36. The lowest BCUT2D eigenvalue weighted by Crippen LogP contribution is -2.51. The van der Waals surface area contributed by atoms with E-state index in [1.165, 1.54) is 18.2 Å². The fourth-order valence-electron chi connectivity index (χ4n) is 3.39. The van der Waals surface area contributed by atoms with E-state index < -0.39 is 36.0 Å². The molecule has 0 radical (unpaired) electrons. The first-order valence-electron chi connectivity index (χ1n) is 9.82. The number of hydrogen-bond acceptors (Lipinski definition) is 6. The van der Waals surface area contributed by atoms with Crippen LogP contribution >= 0.6 is 15.9 Å². The molecule has 3 rings (SSSR count). The number of pyridine rings is 1. The van der Waals surface area contributed by atoms with Gasteiger partial charge in [-0.25, -0.2) is 14.6 Å². The fourth-order valence-corrected chi connectivity index (χ4v) is 3.62. The molecule has 1 fully saturated rings.